The molecule has 0 rings (SSSR count). The highest BCUT2D eigenvalue weighted by Crippen LogP contribution is 2.15. The summed E-state index contributed by atoms with van der Waals surface area (Å²) in [5.74, 6) is -0.626. The SMILES string of the molecule is CCC=CCC=CCC=CCC=CCC=CCCCCCC(=O)OC[C@H](CO)OC(=O)CCCCCCCCCCCCCCCCCCC. The minimum Gasteiger partial charge on any atom is -0.462 e. The minimum absolute atomic E-state index is 0.0832. The van der Waals surface area contributed by atoms with Gasteiger partial charge in [-0.3, -0.25) is 9.59 Å². The van der Waals surface area contributed by atoms with Gasteiger partial charge in [0, 0.05) is 12.8 Å². The fourth-order valence-electron chi connectivity index (χ4n) is 5.70. The van der Waals surface area contributed by atoms with E-state index in [-0.39, 0.29) is 25.2 Å². The quantitative estimate of drug-likeness (QED) is 0.0397. The van der Waals surface area contributed by atoms with E-state index in [1.165, 1.54) is 89.9 Å². The third-order valence-electron chi connectivity index (χ3n) is 8.83. The Balaban J connectivity index is 3.61. The molecule has 50 heavy (non-hydrogen) atoms. The Morgan fingerprint density at radius 3 is 1.30 bits per heavy atom. The first-order valence-electron chi connectivity index (χ1n) is 20.8. The van der Waals surface area contributed by atoms with Crippen LogP contribution < -0.4 is 0 Å². The molecule has 288 valence electrons. The zero-order valence-corrected chi connectivity index (χ0v) is 32.6. The molecular weight excluding hydrogens is 620 g/mol. The van der Waals surface area contributed by atoms with Crippen molar-refractivity contribution in [1.82, 2.24) is 0 Å². The summed E-state index contributed by atoms with van der Waals surface area (Å²) in [4.78, 5) is 24.3. The molecule has 0 bridgehead atoms. The molecule has 0 aromatic carbocycles. The summed E-state index contributed by atoms with van der Waals surface area (Å²) >= 11 is 0. The van der Waals surface area contributed by atoms with Crippen LogP contribution in [-0.4, -0.2) is 36.4 Å². The number of hydrogen-bond donors (Lipinski definition) is 1. The standard InChI is InChI=1S/C45H78O5/c1-3-5-7-9-11-13-15-17-19-21-22-24-25-27-29-31-33-35-37-39-44(47)49-42-43(41-46)50-45(48)40-38-36-34-32-30-28-26-23-20-18-16-14-12-10-8-6-4-2/h5,7,11,13,17,19,22,24,27,29,43,46H,3-4,6,8-10,12,14-16,18,20-21,23,25-26,28,30-42H2,1-2H3/t43-/m0/s1. The van der Waals surface area contributed by atoms with E-state index in [1.54, 1.807) is 0 Å². The van der Waals surface area contributed by atoms with Crippen LogP contribution in [0.25, 0.3) is 0 Å². The number of rotatable bonds is 37. The summed E-state index contributed by atoms with van der Waals surface area (Å²) in [6, 6.07) is 0. The van der Waals surface area contributed by atoms with Crippen LogP contribution in [0, 0.1) is 0 Å². The number of aliphatic hydroxyl groups is 1. The Kier molecular flexibility index (Phi) is 39.1. The summed E-state index contributed by atoms with van der Waals surface area (Å²) in [5.41, 5.74) is 0. The van der Waals surface area contributed by atoms with Gasteiger partial charge in [-0.05, 0) is 57.8 Å². The number of unbranched alkanes of at least 4 members (excludes halogenated alkanes) is 19. The number of ether oxygens (including phenoxy) is 2. The molecule has 5 nitrogen and oxygen atoms in total. The first kappa shape index (κ1) is 47.6. The van der Waals surface area contributed by atoms with E-state index < -0.39 is 6.10 Å². The maximum absolute atomic E-state index is 12.2. The highest BCUT2D eigenvalue weighted by molar-refractivity contribution is 5.70. The van der Waals surface area contributed by atoms with E-state index in [0.717, 1.165) is 77.0 Å². The molecule has 0 spiro atoms. The lowest BCUT2D eigenvalue weighted by Gasteiger charge is -2.15. The molecule has 0 heterocycles. The number of carbonyl (C=O) groups is 2. The van der Waals surface area contributed by atoms with Gasteiger partial charge < -0.3 is 14.6 Å². The van der Waals surface area contributed by atoms with E-state index in [9.17, 15) is 14.7 Å². The average Bonchev–Trinajstić information content (AvgIpc) is 3.12. The topological polar surface area (TPSA) is 72.8 Å². The summed E-state index contributed by atoms with van der Waals surface area (Å²) in [5, 5.41) is 9.57. The molecule has 0 fully saturated rings. The van der Waals surface area contributed by atoms with Crippen molar-refractivity contribution in [2.24, 2.45) is 0 Å². The Morgan fingerprint density at radius 1 is 0.480 bits per heavy atom. The third-order valence-corrected chi connectivity index (χ3v) is 8.83. The highest BCUT2D eigenvalue weighted by atomic mass is 16.6. The van der Waals surface area contributed by atoms with Crippen molar-refractivity contribution in [2.75, 3.05) is 13.2 Å². The largest absolute Gasteiger partial charge is 0.462 e. The molecule has 1 N–H and O–H groups in total. The molecule has 0 saturated carbocycles. The van der Waals surface area contributed by atoms with E-state index >= 15 is 0 Å². The summed E-state index contributed by atoms with van der Waals surface area (Å²) in [6.45, 7) is 4.00. The van der Waals surface area contributed by atoms with Gasteiger partial charge in [0.25, 0.3) is 0 Å². The number of esters is 2. The molecule has 0 unspecified atom stereocenters. The molecule has 0 radical (unpaired) electrons. The summed E-state index contributed by atoms with van der Waals surface area (Å²) < 4.78 is 10.6. The van der Waals surface area contributed by atoms with Crippen molar-refractivity contribution < 1.29 is 24.2 Å². The maximum atomic E-state index is 12.2. The van der Waals surface area contributed by atoms with Gasteiger partial charge in [0.2, 0.25) is 0 Å². The van der Waals surface area contributed by atoms with E-state index in [4.69, 9.17) is 9.47 Å². The lowest BCUT2D eigenvalue weighted by molar-refractivity contribution is -0.161. The number of allylic oxidation sites excluding steroid dienone is 10. The Hall–Kier alpha value is -2.40. The van der Waals surface area contributed by atoms with E-state index in [2.05, 4.69) is 74.6 Å². The molecule has 1 atom stereocenters. The van der Waals surface area contributed by atoms with Gasteiger partial charge in [-0.1, -0.05) is 184 Å². The zero-order valence-electron chi connectivity index (χ0n) is 32.6. The summed E-state index contributed by atoms with van der Waals surface area (Å²) in [7, 11) is 0. The fraction of sp³-hybridized carbons (Fsp3) is 0.733. The van der Waals surface area contributed by atoms with Crippen LogP contribution in [-0.2, 0) is 19.1 Å². The Labute approximate surface area is 309 Å². The van der Waals surface area contributed by atoms with Gasteiger partial charge in [0.1, 0.15) is 6.61 Å². The van der Waals surface area contributed by atoms with Crippen LogP contribution in [0.15, 0.2) is 60.8 Å². The van der Waals surface area contributed by atoms with Gasteiger partial charge in [-0.2, -0.15) is 0 Å². The lowest BCUT2D eigenvalue weighted by atomic mass is 10.0. The molecule has 0 amide bonds. The van der Waals surface area contributed by atoms with Crippen molar-refractivity contribution in [3.05, 3.63) is 60.8 Å². The number of carbonyl (C=O) groups excluding carboxylic acids is 2. The first-order chi connectivity index (χ1) is 24.6. The van der Waals surface area contributed by atoms with Crippen LogP contribution in [0.3, 0.4) is 0 Å². The van der Waals surface area contributed by atoms with Crippen molar-refractivity contribution in [2.45, 2.75) is 200 Å². The van der Waals surface area contributed by atoms with Gasteiger partial charge in [0.15, 0.2) is 6.10 Å². The van der Waals surface area contributed by atoms with Crippen LogP contribution in [0.5, 0.6) is 0 Å². The molecule has 0 aromatic rings. The van der Waals surface area contributed by atoms with Gasteiger partial charge in [-0.15, -0.1) is 0 Å². The van der Waals surface area contributed by atoms with Crippen LogP contribution >= 0.6 is 0 Å². The monoisotopic (exact) mass is 699 g/mol. The predicted molar refractivity (Wildman–Crippen MR) is 214 cm³/mol. The molecule has 0 aliphatic heterocycles. The lowest BCUT2D eigenvalue weighted by Crippen LogP contribution is -2.28. The Morgan fingerprint density at radius 2 is 0.860 bits per heavy atom. The Bertz CT molecular complexity index is 884. The van der Waals surface area contributed by atoms with E-state index in [0.29, 0.717) is 12.8 Å². The second-order valence-corrected chi connectivity index (χ2v) is 13.7. The second kappa shape index (κ2) is 41.0. The van der Waals surface area contributed by atoms with Crippen LogP contribution in [0.4, 0.5) is 0 Å². The molecule has 0 aliphatic rings. The molecular formula is C45H78O5. The van der Waals surface area contributed by atoms with Crippen LogP contribution in [0.2, 0.25) is 0 Å². The normalized spacial score (nSPS) is 12.8. The minimum atomic E-state index is -0.785. The fourth-order valence-corrected chi connectivity index (χ4v) is 5.70. The molecule has 5 heteroatoms. The first-order valence-corrected chi connectivity index (χ1v) is 20.8. The van der Waals surface area contributed by atoms with Crippen molar-refractivity contribution in [1.29, 1.82) is 0 Å². The predicted octanol–water partition coefficient (Wildman–Crippen LogP) is 13.2. The van der Waals surface area contributed by atoms with Crippen molar-refractivity contribution >= 4 is 11.9 Å². The highest BCUT2D eigenvalue weighted by Gasteiger charge is 2.16. The van der Waals surface area contributed by atoms with E-state index in [1.807, 2.05) is 0 Å². The van der Waals surface area contributed by atoms with Gasteiger partial charge in [0.05, 0.1) is 6.61 Å². The van der Waals surface area contributed by atoms with Crippen molar-refractivity contribution in [3.63, 3.8) is 0 Å². The summed E-state index contributed by atoms with van der Waals surface area (Å²) in [6.07, 6.45) is 52.8. The smallest absolute Gasteiger partial charge is 0.306 e. The molecule has 0 aliphatic carbocycles. The molecule has 0 aromatic heterocycles. The third kappa shape index (κ3) is 38.4. The van der Waals surface area contributed by atoms with Crippen molar-refractivity contribution in [3.8, 4) is 0 Å². The van der Waals surface area contributed by atoms with Gasteiger partial charge >= 0.3 is 11.9 Å². The van der Waals surface area contributed by atoms with Gasteiger partial charge in [-0.25, -0.2) is 0 Å². The maximum Gasteiger partial charge on any atom is 0.306 e. The number of aliphatic hydroxyl groups excluding tert-OH is 1. The average molecular weight is 699 g/mol. The zero-order chi connectivity index (χ0) is 36.4. The second-order valence-electron chi connectivity index (χ2n) is 13.7. The number of hydrogen-bond acceptors (Lipinski definition) is 5. The van der Waals surface area contributed by atoms with Crippen LogP contribution in [0.1, 0.15) is 194 Å². The molecule has 0 saturated heterocycles.